The topological polar surface area (TPSA) is 54.5 Å². The monoisotopic (exact) mass is 379 g/mol. The molecule has 1 spiro atoms. The number of carbonyl (C=O) groups is 1. The Labute approximate surface area is 146 Å². The molecule has 0 atom stereocenters. The van der Waals surface area contributed by atoms with Crippen molar-refractivity contribution in [3.8, 4) is 5.88 Å². The van der Waals surface area contributed by atoms with E-state index in [1.807, 2.05) is 0 Å². The van der Waals surface area contributed by atoms with Crippen molar-refractivity contribution in [2.75, 3.05) is 26.2 Å². The molecule has 0 aromatic carbocycles. The van der Waals surface area contributed by atoms with E-state index in [4.69, 9.17) is 0 Å². The van der Waals surface area contributed by atoms with Crippen LogP contribution < -0.4 is 10.1 Å². The molecule has 10 heteroatoms. The first kappa shape index (κ1) is 18.8. The van der Waals surface area contributed by atoms with Gasteiger partial charge < -0.3 is 10.1 Å². The lowest BCUT2D eigenvalue weighted by Crippen LogP contribution is -2.36. The fraction of sp³-hybridized carbons (Fsp3) is 0.625. The molecule has 1 aliphatic carbocycles. The fourth-order valence-corrected chi connectivity index (χ4v) is 3.09. The Hall–Kier alpha value is -1.97. The molecule has 26 heavy (non-hydrogen) atoms. The van der Waals surface area contributed by atoms with Crippen molar-refractivity contribution in [1.29, 1.82) is 0 Å². The van der Waals surface area contributed by atoms with Gasteiger partial charge in [0.15, 0.2) is 6.61 Å². The van der Waals surface area contributed by atoms with Crippen LogP contribution in [0.4, 0.5) is 22.0 Å². The lowest BCUT2D eigenvalue weighted by molar-refractivity contribution is -0.154. The molecule has 0 radical (unpaired) electrons. The second-order valence-electron chi connectivity index (χ2n) is 6.81. The lowest BCUT2D eigenvalue weighted by atomic mass is 10.0. The zero-order chi connectivity index (χ0) is 19.0. The van der Waals surface area contributed by atoms with E-state index in [-0.39, 0.29) is 25.5 Å². The van der Waals surface area contributed by atoms with Crippen LogP contribution in [0.1, 0.15) is 18.4 Å². The molecule has 1 aliphatic heterocycles. The van der Waals surface area contributed by atoms with Crippen LogP contribution in [0.3, 0.4) is 0 Å². The Kier molecular flexibility index (Phi) is 4.80. The van der Waals surface area contributed by atoms with Gasteiger partial charge in [0, 0.05) is 30.8 Å². The second-order valence-corrected chi connectivity index (χ2v) is 6.81. The highest BCUT2D eigenvalue weighted by Gasteiger charge is 2.66. The Morgan fingerprint density at radius 2 is 2.04 bits per heavy atom. The van der Waals surface area contributed by atoms with E-state index < -0.39 is 36.6 Å². The zero-order valence-corrected chi connectivity index (χ0v) is 13.8. The molecule has 0 bridgehead atoms. The number of ether oxygens (including phenoxy) is 1. The first-order valence-electron chi connectivity index (χ1n) is 8.10. The van der Waals surface area contributed by atoms with Crippen LogP contribution in [-0.2, 0) is 11.3 Å². The summed E-state index contributed by atoms with van der Waals surface area (Å²) in [6.45, 7) is -1.77. The molecule has 2 aliphatic rings. The molecule has 5 nitrogen and oxygen atoms in total. The molecule has 1 saturated carbocycles. The van der Waals surface area contributed by atoms with Crippen LogP contribution in [0.15, 0.2) is 18.3 Å². The predicted octanol–water partition coefficient (Wildman–Crippen LogP) is 2.37. The van der Waals surface area contributed by atoms with E-state index in [0.29, 0.717) is 18.4 Å². The van der Waals surface area contributed by atoms with Crippen LogP contribution >= 0.6 is 0 Å². The van der Waals surface area contributed by atoms with E-state index in [2.05, 4.69) is 15.0 Å². The maximum absolute atomic E-state index is 13.9. The molecule has 1 N–H and O–H groups in total. The number of alkyl halides is 5. The molecule has 1 amide bonds. The van der Waals surface area contributed by atoms with E-state index in [9.17, 15) is 26.7 Å². The summed E-state index contributed by atoms with van der Waals surface area (Å²) in [6.07, 6.45) is -2.24. The van der Waals surface area contributed by atoms with Gasteiger partial charge in [-0.05, 0) is 24.5 Å². The zero-order valence-electron chi connectivity index (χ0n) is 13.8. The minimum atomic E-state index is -4.47. The average Bonchev–Trinajstić information content (AvgIpc) is 3.27. The molecular formula is C16H18F5N3O2. The van der Waals surface area contributed by atoms with Gasteiger partial charge in [-0.2, -0.15) is 13.2 Å². The smallest absolute Gasteiger partial charge is 0.422 e. The molecule has 3 rings (SSSR count). The van der Waals surface area contributed by atoms with Gasteiger partial charge in [0.25, 0.3) is 5.92 Å². The lowest BCUT2D eigenvalue weighted by Gasteiger charge is -2.15. The van der Waals surface area contributed by atoms with Gasteiger partial charge in [-0.25, -0.2) is 13.8 Å². The summed E-state index contributed by atoms with van der Waals surface area (Å²) in [4.78, 5) is 17.1. The summed E-state index contributed by atoms with van der Waals surface area (Å²) < 4.78 is 68.7. The summed E-state index contributed by atoms with van der Waals surface area (Å²) >= 11 is 0. The van der Waals surface area contributed by atoms with Crippen molar-refractivity contribution in [1.82, 2.24) is 15.2 Å². The van der Waals surface area contributed by atoms with Crippen LogP contribution in [0.2, 0.25) is 0 Å². The number of pyridine rings is 1. The van der Waals surface area contributed by atoms with Gasteiger partial charge >= 0.3 is 6.18 Å². The number of hydrogen-bond donors (Lipinski definition) is 1. The number of aromatic nitrogens is 1. The number of halogens is 5. The van der Waals surface area contributed by atoms with Crippen molar-refractivity contribution in [3.05, 3.63) is 23.9 Å². The van der Waals surface area contributed by atoms with Gasteiger partial charge in [-0.3, -0.25) is 9.69 Å². The van der Waals surface area contributed by atoms with Crippen LogP contribution in [0.5, 0.6) is 5.88 Å². The van der Waals surface area contributed by atoms with Gasteiger partial charge in [0.05, 0.1) is 13.1 Å². The SMILES string of the molecule is O=C(CN1CC(F)(F)C2(CC2)C1)NCc1ccnc(OCC(F)(F)F)c1. The summed E-state index contributed by atoms with van der Waals surface area (Å²) in [5.74, 6) is -3.39. The van der Waals surface area contributed by atoms with Gasteiger partial charge in [0.1, 0.15) is 0 Å². The van der Waals surface area contributed by atoms with E-state index in [1.165, 1.54) is 23.2 Å². The highest BCUT2D eigenvalue weighted by Crippen LogP contribution is 2.60. The van der Waals surface area contributed by atoms with Crippen LogP contribution in [0.25, 0.3) is 0 Å². The molecule has 0 unspecified atom stereocenters. The largest absolute Gasteiger partial charge is 0.468 e. The summed E-state index contributed by atoms with van der Waals surface area (Å²) in [7, 11) is 0. The second kappa shape index (κ2) is 6.64. The number of nitrogens with zero attached hydrogens (tertiary/aromatic N) is 2. The Balaban J connectivity index is 1.46. The highest BCUT2D eigenvalue weighted by molar-refractivity contribution is 5.78. The van der Waals surface area contributed by atoms with Crippen molar-refractivity contribution in [2.24, 2.45) is 5.41 Å². The molecule has 2 heterocycles. The standard InChI is InChI=1S/C16H18F5N3O2/c17-15(18)9-24(8-14(15)2-3-14)7-12(25)23-6-11-1-4-22-13(5-11)26-10-16(19,20)21/h1,4-5H,2-3,6-10H2,(H,23,25). The Morgan fingerprint density at radius 1 is 1.31 bits per heavy atom. The maximum atomic E-state index is 13.9. The normalized spacial score (nSPS) is 21.0. The summed E-state index contributed by atoms with van der Waals surface area (Å²) in [5, 5.41) is 2.57. The van der Waals surface area contributed by atoms with Crippen molar-refractivity contribution >= 4 is 5.91 Å². The molecule has 144 valence electrons. The predicted molar refractivity (Wildman–Crippen MR) is 80.7 cm³/mol. The van der Waals surface area contributed by atoms with E-state index in [0.717, 1.165) is 0 Å². The Bertz CT molecular complexity index is 670. The average molecular weight is 379 g/mol. The number of carbonyl (C=O) groups excluding carboxylic acids is 1. The van der Waals surface area contributed by atoms with E-state index in [1.54, 1.807) is 0 Å². The van der Waals surface area contributed by atoms with Gasteiger partial charge in [0.2, 0.25) is 11.8 Å². The van der Waals surface area contributed by atoms with Gasteiger partial charge in [-0.15, -0.1) is 0 Å². The minimum Gasteiger partial charge on any atom is -0.468 e. The van der Waals surface area contributed by atoms with Crippen molar-refractivity contribution in [3.63, 3.8) is 0 Å². The minimum absolute atomic E-state index is 0.0408. The van der Waals surface area contributed by atoms with Crippen molar-refractivity contribution in [2.45, 2.75) is 31.5 Å². The van der Waals surface area contributed by atoms with Gasteiger partial charge in [-0.1, -0.05) is 0 Å². The first-order valence-corrected chi connectivity index (χ1v) is 8.10. The third kappa shape index (κ3) is 4.40. The number of amides is 1. The van der Waals surface area contributed by atoms with Crippen LogP contribution in [-0.4, -0.2) is 54.1 Å². The van der Waals surface area contributed by atoms with E-state index >= 15 is 0 Å². The molecule has 1 saturated heterocycles. The summed E-state index contributed by atoms with van der Waals surface area (Å²) in [6, 6.07) is 2.80. The fourth-order valence-electron chi connectivity index (χ4n) is 3.09. The molecular weight excluding hydrogens is 361 g/mol. The third-order valence-electron chi connectivity index (χ3n) is 4.62. The maximum Gasteiger partial charge on any atom is 0.422 e. The summed E-state index contributed by atoms with van der Waals surface area (Å²) in [5.41, 5.74) is -0.459. The molecule has 1 aromatic heterocycles. The quantitative estimate of drug-likeness (QED) is 0.772. The molecule has 1 aromatic rings. The number of likely N-dealkylation sites (tertiary alicyclic amines) is 1. The van der Waals surface area contributed by atoms with Crippen molar-refractivity contribution < 1.29 is 31.5 Å². The first-order chi connectivity index (χ1) is 12.1. The number of rotatable bonds is 6. The number of hydrogen-bond acceptors (Lipinski definition) is 4. The van der Waals surface area contributed by atoms with Crippen LogP contribution in [0, 0.1) is 5.41 Å². The Morgan fingerprint density at radius 3 is 2.65 bits per heavy atom. The highest BCUT2D eigenvalue weighted by atomic mass is 19.4. The molecule has 2 fully saturated rings. The number of nitrogens with one attached hydrogen (secondary N) is 1. The third-order valence-corrected chi connectivity index (χ3v) is 4.62.